The first-order chi connectivity index (χ1) is 7.50. The van der Waals surface area contributed by atoms with E-state index in [0.29, 0.717) is 5.92 Å². The van der Waals surface area contributed by atoms with Crippen molar-refractivity contribution in [1.82, 2.24) is 0 Å². The molecule has 1 rings (SSSR count). The molecule has 2 heteroatoms. The van der Waals surface area contributed by atoms with E-state index in [1.165, 1.54) is 5.57 Å². The Morgan fingerprint density at radius 3 is 2.69 bits per heavy atom. The maximum atomic E-state index is 5.99. The summed E-state index contributed by atoms with van der Waals surface area (Å²) in [7, 11) is 0. The minimum absolute atomic E-state index is 0.150. The van der Waals surface area contributed by atoms with Crippen LogP contribution in [0.3, 0.4) is 0 Å². The second kappa shape index (κ2) is 5.65. The summed E-state index contributed by atoms with van der Waals surface area (Å²) < 4.78 is 11.6. The van der Waals surface area contributed by atoms with E-state index >= 15 is 0 Å². The van der Waals surface area contributed by atoms with E-state index in [0.717, 1.165) is 13.0 Å². The highest BCUT2D eigenvalue weighted by molar-refractivity contribution is 5.24. The number of allylic oxidation sites excluding steroid dienone is 2. The van der Waals surface area contributed by atoms with Gasteiger partial charge in [-0.1, -0.05) is 32.1 Å². The molecule has 92 valence electrons. The molecule has 0 aromatic carbocycles. The maximum absolute atomic E-state index is 5.99. The van der Waals surface area contributed by atoms with Crippen LogP contribution in [0.2, 0.25) is 0 Å². The lowest BCUT2D eigenvalue weighted by Gasteiger charge is -2.40. The van der Waals surface area contributed by atoms with Gasteiger partial charge in [0.15, 0.2) is 5.79 Å². The van der Waals surface area contributed by atoms with E-state index in [1.54, 1.807) is 0 Å². The first-order valence-electron chi connectivity index (χ1n) is 6.14. The van der Waals surface area contributed by atoms with Crippen molar-refractivity contribution in [2.45, 2.75) is 52.9 Å². The minimum Gasteiger partial charge on any atom is -0.350 e. The molecule has 1 aliphatic rings. The molecular formula is C14H24O2. The summed E-state index contributed by atoms with van der Waals surface area (Å²) >= 11 is 0. The maximum Gasteiger partial charge on any atom is 0.163 e. The van der Waals surface area contributed by atoms with E-state index in [-0.39, 0.29) is 6.10 Å². The fourth-order valence-corrected chi connectivity index (χ4v) is 1.88. The lowest BCUT2D eigenvalue weighted by molar-refractivity contribution is -0.281. The van der Waals surface area contributed by atoms with Gasteiger partial charge in [0, 0.05) is 5.92 Å². The number of rotatable bonds is 3. The highest BCUT2D eigenvalue weighted by atomic mass is 16.7. The summed E-state index contributed by atoms with van der Waals surface area (Å²) in [5.74, 6) is -0.0633. The van der Waals surface area contributed by atoms with Crippen LogP contribution in [0.15, 0.2) is 23.8 Å². The van der Waals surface area contributed by atoms with Gasteiger partial charge in [-0.15, -0.1) is 0 Å². The molecule has 2 atom stereocenters. The zero-order valence-electron chi connectivity index (χ0n) is 11.1. The van der Waals surface area contributed by atoms with Gasteiger partial charge in [0.2, 0.25) is 0 Å². The van der Waals surface area contributed by atoms with Crippen LogP contribution in [-0.2, 0) is 9.47 Å². The Bertz CT molecular complexity index is 276. The molecule has 0 amide bonds. The third kappa shape index (κ3) is 3.46. The molecule has 0 N–H and O–H groups in total. The van der Waals surface area contributed by atoms with E-state index in [1.807, 2.05) is 13.8 Å². The van der Waals surface area contributed by atoms with Gasteiger partial charge in [-0.3, -0.25) is 0 Å². The molecule has 1 saturated heterocycles. The number of ether oxygens (including phenoxy) is 2. The van der Waals surface area contributed by atoms with Crippen LogP contribution < -0.4 is 0 Å². The van der Waals surface area contributed by atoms with Gasteiger partial charge in [0.25, 0.3) is 0 Å². The lowest BCUT2D eigenvalue weighted by Crippen LogP contribution is -2.45. The van der Waals surface area contributed by atoms with Crippen molar-refractivity contribution in [1.29, 1.82) is 0 Å². The number of hydrogen-bond donors (Lipinski definition) is 0. The van der Waals surface area contributed by atoms with E-state index in [2.05, 4.69) is 39.0 Å². The normalized spacial score (nSPS) is 30.9. The Balaban J connectivity index is 2.79. The smallest absolute Gasteiger partial charge is 0.163 e. The number of hydrogen-bond acceptors (Lipinski definition) is 2. The first-order valence-corrected chi connectivity index (χ1v) is 6.14. The topological polar surface area (TPSA) is 18.5 Å². The Kier molecular flexibility index (Phi) is 4.75. The van der Waals surface area contributed by atoms with Crippen molar-refractivity contribution in [3.8, 4) is 0 Å². The van der Waals surface area contributed by atoms with Gasteiger partial charge in [-0.2, -0.15) is 0 Å². The monoisotopic (exact) mass is 224 g/mol. The molecule has 2 unspecified atom stereocenters. The van der Waals surface area contributed by atoms with Crippen LogP contribution >= 0.6 is 0 Å². The SMILES string of the molecule is C/C=C(\C=C/CC)C1OC(C)(C)OCC1C. The summed E-state index contributed by atoms with van der Waals surface area (Å²) in [5, 5.41) is 0. The van der Waals surface area contributed by atoms with Crippen LogP contribution in [0.5, 0.6) is 0 Å². The van der Waals surface area contributed by atoms with Crippen LogP contribution in [0.25, 0.3) is 0 Å². The van der Waals surface area contributed by atoms with Crippen LogP contribution in [-0.4, -0.2) is 18.5 Å². The summed E-state index contributed by atoms with van der Waals surface area (Å²) in [6.45, 7) is 11.1. The van der Waals surface area contributed by atoms with Crippen LogP contribution in [0.1, 0.15) is 41.0 Å². The molecule has 1 aliphatic heterocycles. The Morgan fingerprint density at radius 2 is 2.12 bits per heavy atom. The van der Waals surface area contributed by atoms with E-state index in [9.17, 15) is 0 Å². The molecule has 1 heterocycles. The van der Waals surface area contributed by atoms with Gasteiger partial charge in [0.05, 0.1) is 12.7 Å². The largest absolute Gasteiger partial charge is 0.350 e. The van der Waals surface area contributed by atoms with E-state index < -0.39 is 5.79 Å². The minimum atomic E-state index is -0.467. The third-order valence-electron chi connectivity index (χ3n) is 2.83. The fourth-order valence-electron chi connectivity index (χ4n) is 1.88. The van der Waals surface area contributed by atoms with Crippen molar-refractivity contribution in [2.24, 2.45) is 5.92 Å². The predicted molar refractivity (Wildman–Crippen MR) is 67.3 cm³/mol. The Hall–Kier alpha value is -0.600. The average molecular weight is 224 g/mol. The Morgan fingerprint density at radius 1 is 1.44 bits per heavy atom. The van der Waals surface area contributed by atoms with E-state index in [4.69, 9.17) is 9.47 Å². The lowest BCUT2D eigenvalue weighted by atomic mass is 9.95. The standard InChI is InChI=1S/C14H24O2/c1-6-8-9-12(7-2)13-11(3)10-15-14(4,5)16-13/h7-9,11,13H,6,10H2,1-5H3/b9-8-,12-7+. The van der Waals surface area contributed by atoms with Gasteiger partial charge >= 0.3 is 0 Å². The zero-order chi connectivity index (χ0) is 12.2. The molecule has 16 heavy (non-hydrogen) atoms. The molecule has 0 aromatic rings. The second-order valence-corrected chi connectivity index (χ2v) is 4.83. The summed E-state index contributed by atoms with van der Waals surface area (Å²) in [4.78, 5) is 0. The second-order valence-electron chi connectivity index (χ2n) is 4.83. The Labute approximate surface area is 99.3 Å². The summed E-state index contributed by atoms with van der Waals surface area (Å²) in [5.41, 5.74) is 1.26. The van der Waals surface area contributed by atoms with Crippen molar-refractivity contribution < 1.29 is 9.47 Å². The first kappa shape index (κ1) is 13.5. The van der Waals surface area contributed by atoms with Crippen molar-refractivity contribution in [3.05, 3.63) is 23.8 Å². The molecule has 0 bridgehead atoms. The van der Waals surface area contributed by atoms with Crippen molar-refractivity contribution in [2.75, 3.05) is 6.61 Å². The molecule has 0 aromatic heterocycles. The molecule has 0 spiro atoms. The van der Waals surface area contributed by atoms with Crippen LogP contribution in [0, 0.1) is 5.92 Å². The molecule has 0 aliphatic carbocycles. The molecular weight excluding hydrogens is 200 g/mol. The molecule has 0 saturated carbocycles. The third-order valence-corrected chi connectivity index (χ3v) is 2.83. The summed E-state index contributed by atoms with van der Waals surface area (Å²) in [6.07, 6.45) is 7.68. The average Bonchev–Trinajstić information content (AvgIpc) is 2.24. The van der Waals surface area contributed by atoms with Crippen LogP contribution in [0.4, 0.5) is 0 Å². The highest BCUT2D eigenvalue weighted by Crippen LogP contribution is 2.30. The fraction of sp³-hybridized carbons (Fsp3) is 0.714. The predicted octanol–water partition coefficient (Wildman–Crippen LogP) is 3.69. The molecule has 1 fully saturated rings. The quantitative estimate of drug-likeness (QED) is 0.681. The van der Waals surface area contributed by atoms with Crippen molar-refractivity contribution in [3.63, 3.8) is 0 Å². The van der Waals surface area contributed by atoms with Gasteiger partial charge in [-0.25, -0.2) is 0 Å². The highest BCUT2D eigenvalue weighted by Gasteiger charge is 2.35. The van der Waals surface area contributed by atoms with Gasteiger partial charge < -0.3 is 9.47 Å². The van der Waals surface area contributed by atoms with Gasteiger partial charge in [-0.05, 0) is 32.8 Å². The zero-order valence-corrected chi connectivity index (χ0v) is 11.1. The molecule has 2 nitrogen and oxygen atoms in total. The summed E-state index contributed by atoms with van der Waals surface area (Å²) in [6, 6.07) is 0. The van der Waals surface area contributed by atoms with Gasteiger partial charge in [0.1, 0.15) is 0 Å². The van der Waals surface area contributed by atoms with Crippen molar-refractivity contribution >= 4 is 0 Å². The molecule has 0 radical (unpaired) electrons.